The van der Waals surface area contributed by atoms with Crippen molar-refractivity contribution in [1.82, 2.24) is 9.80 Å². The highest BCUT2D eigenvalue weighted by Crippen LogP contribution is 2.20. The molecule has 2 amide bonds. The van der Waals surface area contributed by atoms with E-state index in [1.807, 2.05) is 40.1 Å². The third-order valence-corrected chi connectivity index (χ3v) is 5.57. The second-order valence-electron chi connectivity index (χ2n) is 7.45. The molecule has 5 heteroatoms. The Bertz CT molecular complexity index is 806. The smallest absolute Gasteiger partial charge is 0.251 e. The van der Waals surface area contributed by atoms with E-state index >= 15 is 0 Å². The summed E-state index contributed by atoms with van der Waals surface area (Å²) in [6.45, 7) is 3.06. The van der Waals surface area contributed by atoms with E-state index in [-0.39, 0.29) is 17.9 Å². The molecule has 0 bridgehead atoms. The second-order valence-corrected chi connectivity index (χ2v) is 7.45. The van der Waals surface area contributed by atoms with E-state index in [9.17, 15) is 9.59 Å². The van der Waals surface area contributed by atoms with Crippen LogP contribution in [0, 0.1) is 0 Å². The van der Waals surface area contributed by atoms with Crippen LogP contribution in [0.2, 0.25) is 0 Å². The summed E-state index contributed by atoms with van der Waals surface area (Å²) in [6, 6.07) is 18.4. The highest BCUT2D eigenvalue weighted by Gasteiger charge is 2.31. The van der Waals surface area contributed by atoms with E-state index in [1.54, 1.807) is 0 Å². The van der Waals surface area contributed by atoms with Gasteiger partial charge >= 0.3 is 0 Å². The average molecular weight is 378 g/mol. The molecule has 2 aliphatic rings. The molecule has 0 saturated carbocycles. The maximum absolute atomic E-state index is 12.7. The third kappa shape index (κ3) is 4.25. The van der Waals surface area contributed by atoms with E-state index in [0.29, 0.717) is 39.2 Å². The maximum Gasteiger partial charge on any atom is 0.251 e. The minimum atomic E-state index is -0.273. The van der Waals surface area contributed by atoms with Gasteiger partial charge in [0.1, 0.15) is 6.10 Å². The van der Waals surface area contributed by atoms with E-state index in [1.165, 1.54) is 5.56 Å². The Kier molecular flexibility index (Phi) is 5.72. The summed E-state index contributed by atoms with van der Waals surface area (Å²) in [5, 5.41) is 0. The summed E-state index contributed by atoms with van der Waals surface area (Å²) in [5.41, 5.74) is 3.34. The van der Waals surface area contributed by atoms with Gasteiger partial charge < -0.3 is 14.5 Å². The molecule has 1 unspecified atom stereocenters. The number of ether oxygens (including phenoxy) is 1. The third-order valence-electron chi connectivity index (χ3n) is 5.57. The van der Waals surface area contributed by atoms with Crippen LogP contribution in [0.3, 0.4) is 0 Å². The first-order chi connectivity index (χ1) is 13.7. The van der Waals surface area contributed by atoms with Crippen molar-refractivity contribution < 1.29 is 14.3 Å². The van der Waals surface area contributed by atoms with Crippen molar-refractivity contribution in [2.75, 3.05) is 32.8 Å². The maximum atomic E-state index is 12.7. The zero-order valence-corrected chi connectivity index (χ0v) is 16.0. The molecule has 0 radical (unpaired) electrons. The lowest BCUT2D eigenvalue weighted by atomic mass is 10.0. The lowest BCUT2D eigenvalue weighted by molar-refractivity contribution is -0.145. The van der Waals surface area contributed by atoms with Crippen LogP contribution >= 0.6 is 0 Å². The number of piperazine rings is 1. The van der Waals surface area contributed by atoms with Crippen LogP contribution in [0.15, 0.2) is 54.6 Å². The minimum absolute atomic E-state index is 0.0844. The fourth-order valence-corrected chi connectivity index (χ4v) is 3.88. The minimum Gasteiger partial charge on any atom is -0.368 e. The molecule has 0 aromatic heterocycles. The first kappa shape index (κ1) is 18.7. The van der Waals surface area contributed by atoms with E-state index in [2.05, 4.69) is 24.3 Å². The number of carbonyl (C=O) groups is 2. The number of amides is 2. The molecule has 2 aromatic rings. The highest BCUT2D eigenvalue weighted by atomic mass is 16.5. The van der Waals surface area contributed by atoms with Gasteiger partial charge in [-0.05, 0) is 29.5 Å². The summed E-state index contributed by atoms with van der Waals surface area (Å²) in [7, 11) is 0. The van der Waals surface area contributed by atoms with Crippen LogP contribution in [0.5, 0.6) is 0 Å². The van der Waals surface area contributed by atoms with Crippen LogP contribution < -0.4 is 0 Å². The van der Waals surface area contributed by atoms with Crippen molar-refractivity contribution in [2.45, 2.75) is 25.4 Å². The number of hydrogen-bond donors (Lipinski definition) is 0. The van der Waals surface area contributed by atoms with Crippen molar-refractivity contribution in [3.05, 3.63) is 60.2 Å². The van der Waals surface area contributed by atoms with E-state index in [0.717, 1.165) is 24.0 Å². The second kappa shape index (κ2) is 8.57. The largest absolute Gasteiger partial charge is 0.368 e. The topological polar surface area (TPSA) is 49.9 Å². The Balaban J connectivity index is 1.29. The summed E-state index contributed by atoms with van der Waals surface area (Å²) < 4.78 is 5.49. The van der Waals surface area contributed by atoms with Crippen molar-refractivity contribution in [3.63, 3.8) is 0 Å². The van der Waals surface area contributed by atoms with Gasteiger partial charge in [-0.2, -0.15) is 0 Å². The summed E-state index contributed by atoms with van der Waals surface area (Å²) >= 11 is 0. The highest BCUT2D eigenvalue weighted by molar-refractivity contribution is 5.82. The molecule has 2 fully saturated rings. The number of hydrogen-bond acceptors (Lipinski definition) is 3. The molecule has 0 N–H and O–H groups in total. The van der Waals surface area contributed by atoms with Crippen LogP contribution in [-0.2, 0) is 20.7 Å². The molecule has 5 nitrogen and oxygen atoms in total. The fourth-order valence-electron chi connectivity index (χ4n) is 3.88. The fraction of sp³-hybridized carbons (Fsp3) is 0.391. The van der Waals surface area contributed by atoms with Crippen LogP contribution in [0.25, 0.3) is 11.1 Å². The number of nitrogens with zero attached hydrogens (tertiary/aromatic N) is 2. The number of rotatable bonds is 4. The molecule has 2 saturated heterocycles. The molecular weight excluding hydrogens is 352 g/mol. The van der Waals surface area contributed by atoms with Crippen molar-refractivity contribution >= 4 is 11.8 Å². The summed E-state index contributed by atoms with van der Waals surface area (Å²) in [4.78, 5) is 28.8. The van der Waals surface area contributed by atoms with Gasteiger partial charge in [0, 0.05) is 32.8 Å². The monoisotopic (exact) mass is 378 g/mol. The van der Waals surface area contributed by atoms with Gasteiger partial charge in [-0.15, -0.1) is 0 Å². The Morgan fingerprint density at radius 2 is 1.50 bits per heavy atom. The Labute approximate surface area is 165 Å². The first-order valence-electron chi connectivity index (χ1n) is 10.0. The molecule has 4 rings (SSSR count). The van der Waals surface area contributed by atoms with E-state index < -0.39 is 0 Å². The van der Waals surface area contributed by atoms with Crippen LogP contribution in [-0.4, -0.2) is 60.5 Å². The van der Waals surface area contributed by atoms with Gasteiger partial charge in [0.15, 0.2) is 0 Å². The van der Waals surface area contributed by atoms with Gasteiger partial charge in [-0.1, -0.05) is 54.6 Å². The summed E-state index contributed by atoms with van der Waals surface area (Å²) in [6.07, 6.45) is 1.90. The Morgan fingerprint density at radius 1 is 0.857 bits per heavy atom. The molecule has 1 atom stereocenters. The molecule has 2 heterocycles. The molecule has 0 spiro atoms. The predicted octanol–water partition coefficient (Wildman–Crippen LogP) is 2.75. The molecule has 146 valence electrons. The lowest BCUT2D eigenvalue weighted by Gasteiger charge is -2.35. The standard InChI is InChI=1S/C23H26N2O3/c26-22(17-18-8-10-20(11-9-18)19-5-2-1-3-6-19)24-12-14-25(15-13-24)23(27)21-7-4-16-28-21/h1-3,5-6,8-11,21H,4,7,12-17H2. The lowest BCUT2D eigenvalue weighted by Crippen LogP contribution is -2.53. The zero-order chi connectivity index (χ0) is 19.3. The van der Waals surface area contributed by atoms with Gasteiger partial charge in [0.05, 0.1) is 6.42 Å². The van der Waals surface area contributed by atoms with Gasteiger partial charge in [-0.25, -0.2) is 0 Å². The van der Waals surface area contributed by atoms with Crippen LogP contribution in [0.1, 0.15) is 18.4 Å². The van der Waals surface area contributed by atoms with Crippen LogP contribution in [0.4, 0.5) is 0 Å². The average Bonchev–Trinajstić information content (AvgIpc) is 3.29. The quantitative estimate of drug-likeness (QED) is 0.822. The molecular formula is C23H26N2O3. The Morgan fingerprint density at radius 3 is 2.14 bits per heavy atom. The predicted molar refractivity (Wildman–Crippen MR) is 108 cm³/mol. The van der Waals surface area contributed by atoms with E-state index in [4.69, 9.17) is 4.74 Å². The van der Waals surface area contributed by atoms with Crippen molar-refractivity contribution in [3.8, 4) is 11.1 Å². The first-order valence-corrected chi connectivity index (χ1v) is 10.0. The van der Waals surface area contributed by atoms with Crippen molar-refractivity contribution in [1.29, 1.82) is 0 Å². The number of benzene rings is 2. The Hall–Kier alpha value is -2.66. The molecule has 2 aliphatic heterocycles. The molecule has 28 heavy (non-hydrogen) atoms. The zero-order valence-electron chi connectivity index (χ0n) is 16.0. The SMILES string of the molecule is O=C(Cc1ccc(-c2ccccc2)cc1)N1CCN(C(=O)C2CCCO2)CC1. The molecule has 0 aliphatic carbocycles. The van der Waals surface area contributed by atoms with Gasteiger partial charge in [0.2, 0.25) is 5.91 Å². The normalized spacial score (nSPS) is 19.6. The number of carbonyl (C=O) groups excluding carboxylic acids is 2. The summed E-state index contributed by atoms with van der Waals surface area (Å²) in [5.74, 6) is 0.206. The van der Waals surface area contributed by atoms with Crippen molar-refractivity contribution in [2.24, 2.45) is 0 Å². The van der Waals surface area contributed by atoms with Gasteiger partial charge in [-0.3, -0.25) is 9.59 Å². The molecule has 2 aromatic carbocycles. The van der Waals surface area contributed by atoms with Gasteiger partial charge in [0.25, 0.3) is 5.91 Å².